The molecule has 1 aromatic carbocycles. The van der Waals surface area contributed by atoms with Crippen LogP contribution in [-0.2, 0) is 9.59 Å². The lowest BCUT2D eigenvalue weighted by Crippen LogP contribution is -2.58. The molecule has 0 bridgehead atoms. The fourth-order valence-electron chi connectivity index (χ4n) is 2.32. The Kier molecular flexibility index (Phi) is 6.07. The molecule has 1 unspecified atom stereocenters. The molecule has 0 spiro atoms. The summed E-state index contributed by atoms with van der Waals surface area (Å²) >= 11 is 6.20. The Morgan fingerprint density at radius 2 is 1.68 bits per heavy atom. The van der Waals surface area contributed by atoms with E-state index in [1.54, 1.807) is 45.0 Å². The van der Waals surface area contributed by atoms with E-state index in [0.29, 0.717) is 5.56 Å². The minimum absolute atomic E-state index is 0.245. The van der Waals surface area contributed by atoms with Crippen molar-refractivity contribution in [3.8, 4) is 0 Å². The maximum atomic E-state index is 12.9. The van der Waals surface area contributed by atoms with E-state index in [0.717, 1.165) is 4.90 Å². The molecule has 0 saturated heterocycles. The molecule has 0 fully saturated rings. The summed E-state index contributed by atoms with van der Waals surface area (Å²) in [4.78, 5) is 37.3. The third kappa shape index (κ3) is 4.85. The number of amides is 3. The van der Waals surface area contributed by atoms with Crippen LogP contribution >= 0.6 is 11.6 Å². The number of hydrogen-bond acceptors (Lipinski definition) is 3. The van der Waals surface area contributed by atoms with E-state index in [1.807, 2.05) is 0 Å². The van der Waals surface area contributed by atoms with Crippen LogP contribution < -0.4 is 11.1 Å². The first-order chi connectivity index (χ1) is 11.3. The number of halogens is 1. The van der Waals surface area contributed by atoms with Crippen molar-refractivity contribution in [3.63, 3.8) is 0 Å². The SMILES string of the molecule is CC(C)(NC(=O)C(c1ccccc1Cl)N(C(=O)O)C(C)(C)C)C(N)=O. The smallest absolute Gasteiger partial charge is 0.408 e. The number of carbonyl (C=O) groups excluding carboxylic acids is 2. The number of primary amides is 1. The van der Waals surface area contributed by atoms with Gasteiger partial charge in [0.05, 0.1) is 0 Å². The average molecular weight is 370 g/mol. The number of nitrogens with zero attached hydrogens (tertiary/aromatic N) is 1. The van der Waals surface area contributed by atoms with E-state index in [4.69, 9.17) is 17.3 Å². The molecular formula is C17H24ClN3O4. The lowest BCUT2D eigenvalue weighted by atomic mass is 9.96. The van der Waals surface area contributed by atoms with E-state index in [9.17, 15) is 19.5 Å². The molecule has 0 radical (unpaired) electrons. The minimum Gasteiger partial charge on any atom is -0.465 e. The lowest BCUT2D eigenvalue weighted by molar-refractivity contribution is -0.134. The predicted molar refractivity (Wildman–Crippen MR) is 95.2 cm³/mol. The summed E-state index contributed by atoms with van der Waals surface area (Å²) in [7, 11) is 0. The zero-order chi connectivity index (χ0) is 19.6. The molecule has 0 aliphatic rings. The first kappa shape index (κ1) is 20.8. The van der Waals surface area contributed by atoms with Crippen LogP contribution in [0.4, 0.5) is 4.79 Å². The average Bonchev–Trinajstić information content (AvgIpc) is 2.42. The van der Waals surface area contributed by atoms with E-state index >= 15 is 0 Å². The van der Waals surface area contributed by atoms with Crippen molar-refractivity contribution >= 4 is 29.5 Å². The molecule has 25 heavy (non-hydrogen) atoms. The summed E-state index contributed by atoms with van der Waals surface area (Å²) in [5.41, 5.74) is 3.37. The molecule has 1 atom stereocenters. The summed E-state index contributed by atoms with van der Waals surface area (Å²) in [5, 5.41) is 12.5. The summed E-state index contributed by atoms with van der Waals surface area (Å²) in [5.74, 6) is -1.43. The first-order valence-corrected chi connectivity index (χ1v) is 8.05. The van der Waals surface area contributed by atoms with E-state index in [2.05, 4.69) is 5.32 Å². The molecule has 0 saturated carbocycles. The lowest BCUT2D eigenvalue weighted by Gasteiger charge is -2.40. The van der Waals surface area contributed by atoms with Crippen LogP contribution in [-0.4, -0.2) is 39.0 Å². The Morgan fingerprint density at radius 3 is 2.08 bits per heavy atom. The van der Waals surface area contributed by atoms with Crippen molar-refractivity contribution in [2.75, 3.05) is 0 Å². The number of nitrogens with one attached hydrogen (secondary N) is 1. The third-order valence-corrected chi connectivity index (χ3v) is 4.03. The van der Waals surface area contributed by atoms with Gasteiger partial charge in [-0.15, -0.1) is 0 Å². The summed E-state index contributed by atoms with van der Waals surface area (Å²) < 4.78 is 0. The standard InChI is InChI=1S/C17H24ClN3O4/c1-16(2,3)21(15(24)25)12(10-8-6-7-9-11(10)18)13(22)20-17(4,5)14(19)23/h6-9,12H,1-5H3,(H2,19,23)(H,20,22)(H,24,25). The van der Waals surface area contributed by atoms with Gasteiger partial charge in [0.2, 0.25) is 11.8 Å². The number of hydrogen-bond donors (Lipinski definition) is 3. The maximum absolute atomic E-state index is 12.9. The number of benzene rings is 1. The second-order valence-corrected chi connectivity index (χ2v) is 7.63. The Morgan fingerprint density at radius 1 is 1.16 bits per heavy atom. The number of carbonyl (C=O) groups is 3. The van der Waals surface area contributed by atoms with Gasteiger partial charge < -0.3 is 16.2 Å². The fourth-order valence-corrected chi connectivity index (χ4v) is 2.56. The third-order valence-electron chi connectivity index (χ3n) is 3.69. The number of carboxylic acid groups (broad SMARTS) is 1. The Balaban J connectivity index is 3.48. The fraction of sp³-hybridized carbons (Fsp3) is 0.471. The van der Waals surface area contributed by atoms with Gasteiger partial charge in [0, 0.05) is 16.1 Å². The van der Waals surface area contributed by atoms with Gasteiger partial charge in [0.15, 0.2) is 0 Å². The van der Waals surface area contributed by atoms with Crippen molar-refractivity contribution in [1.29, 1.82) is 0 Å². The molecular weight excluding hydrogens is 346 g/mol. The Labute approximate surface area is 152 Å². The van der Waals surface area contributed by atoms with Gasteiger partial charge in [0.25, 0.3) is 0 Å². The Hall–Kier alpha value is -2.28. The monoisotopic (exact) mass is 369 g/mol. The molecule has 0 aromatic heterocycles. The van der Waals surface area contributed by atoms with E-state index in [-0.39, 0.29) is 5.02 Å². The van der Waals surface area contributed by atoms with Gasteiger partial charge in [-0.25, -0.2) is 4.79 Å². The second kappa shape index (κ2) is 7.31. The van der Waals surface area contributed by atoms with Crippen molar-refractivity contribution in [2.24, 2.45) is 5.73 Å². The van der Waals surface area contributed by atoms with Crippen LogP contribution in [0.1, 0.15) is 46.2 Å². The molecule has 4 N–H and O–H groups in total. The molecule has 0 heterocycles. The van der Waals surface area contributed by atoms with Crippen LogP contribution in [0.25, 0.3) is 0 Å². The molecule has 8 heteroatoms. The zero-order valence-corrected chi connectivity index (χ0v) is 15.7. The zero-order valence-electron chi connectivity index (χ0n) is 15.0. The Bertz CT molecular complexity index is 683. The maximum Gasteiger partial charge on any atom is 0.408 e. The molecule has 0 aliphatic heterocycles. The number of rotatable bonds is 5. The van der Waals surface area contributed by atoms with E-state index in [1.165, 1.54) is 13.8 Å². The van der Waals surface area contributed by atoms with Crippen molar-refractivity contribution in [1.82, 2.24) is 10.2 Å². The number of nitrogens with two attached hydrogens (primary N) is 1. The van der Waals surface area contributed by atoms with Crippen molar-refractivity contribution in [3.05, 3.63) is 34.9 Å². The largest absolute Gasteiger partial charge is 0.465 e. The highest BCUT2D eigenvalue weighted by atomic mass is 35.5. The van der Waals surface area contributed by atoms with E-state index < -0.39 is 35.0 Å². The van der Waals surface area contributed by atoms with Gasteiger partial charge in [-0.1, -0.05) is 29.8 Å². The van der Waals surface area contributed by atoms with Gasteiger partial charge in [-0.3, -0.25) is 14.5 Å². The quantitative estimate of drug-likeness (QED) is 0.740. The molecule has 7 nitrogen and oxygen atoms in total. The van der Waals surface area contributed by atoms with Crippen LogP contribution in [0.15, 0.2) is 24.3 Å². The molecule has 1 rings (SSSR count). The van der Waals surface area contributed by atoms with Crippen molar-refractivity contribution < 1.29 is 19.5 Å². The summed E-state index contributed by atoms with van der Waals surface area (Å²) in [6.45, 7) is 7.88. The van der Waals surface area contributed by atoms with Gasteiger partial charge in [0.1, 0.15) is 11.6 Å². The second-order valence-electron chi connectivity index (χ2n) is 7.23. The molecule has 3 amide bonds. The van der Waals surface area contributed by atoms with Crippen LogP contribution in [0, 0.1) is 0 Å². The highest BCUT2D eigenvalue weighted by Crippen LogP contribution is 2.33. The molecule has 0 aliphatic carbocycles. The van der Waals surface area contributed by atoms with Crippen molar-refractivity contribution in [2.45, 2.75) is 51.7 Å². The van der Waals surface area contributed by atoms with Crippen LogP contribution in [0.5, 0.6) is 0 Å². The molecule has 1 aromatic rings. The summed E-state index contributed by atoms with van der Waals surface area (Å²) in [6.07, 6.45) is -1.29. The van der Waals surface area contributed by atoms with Crippen LogP contribution in [0.2, 0.25) is 5.02 Å². The highest BCUT2D eigenvalue weighted by molar-refractivity contribution is 6.31. The highest BCUT2D eigenvalue weighted by Gasteiger charge is 2.41. The topological polar surface area (TPSA) is 113 Å². The normalized spacial score (nSPS) is 13.0. The predicted octanol–water partition coefficient (Wildman–Crippen LogP) is 2.54. The van der Waals surface area contributed by atoms with Gasteiger partial charge in [-0.05, 0) is 40.7 Å². The van der Waals surface area contributed by atoms with Crippen LogP contribution in [0.3, 0.4) is 0 Å². The minimum atomic E-state index is -1.35. The van der Waals surface area contributed by atoms with Gasteiger partial charge >= 0.3 is 6.09 Å². The summed E-state index contributed by atoms with van der Waals surface area (Å²) in [6, 6.07) is 5.23. The first-order valence-electron chi connectivity index (χ1n) is 7.67. The molecule has 138 valence electrons. The van der Waals surface area contributed by atoms with Gasteiger partial charge in [-0.2, -0.15) is 0 Å².